The van der Waals surface area contributed by atoms with Gasteiger partial charge in [-0.15, -0.1) is 0 Å². The van der Waals surface area contributed by atoms with Crippen LogP contribution in [-0.2, 0) is 28.5 Å². The summed E-state index contributed by atoms with van der Waals surface area (Å²) in [6.07, 6.45) is 1.47. The standard InChI is InChI=1S/C7H13BrO3.C7H14O4/c2*1-2-11-7(9)6-10-5-3-4-8/h2-6H2,1H3;8H,2-6H2,1H3. The summed E-state index contributed by atoms with van der Waals surface area (Å²) in [7, 11) is 0. The number of ether oxygens (including phenoxy) is 4. The second-order valence-corrected chi connectivity index (χ2v) is 4.63. The fourth-order valence-corrected chi connectivity index (χ4v) is 1.27. The van der Waals surface area contributed by atoms with E-state index in [0.29, 0.717) is 32.8 Å². The van der Waals surface area contributed by atoms with Crippen molar-refractivity contribution in [2.24, 2.45) is 0 Å². The molecule has 8 heteroatoms. The van der Waals surface area contributed by atoms with Crippen LogP contribution >= 0.6 is 15.9 Å². The smallest absolute Gasteiger partial charge is 0.332 e. The van der Waals surface area contributed by atoms with Crippen LogP contribution in [0, 0.1) is 0 Å². The SMILES string of the molecule is CCOC(=O)COCCCBr.CCOC(=O)COCCCO. The molecular formula is C14H27BrO7. The average Bonchev–Trinajstić information content (AvgIpc) is 2.49. The van der Waals surface area contributed by atoms with Gasteiger partial charge in [-0.3, -0.25) is 0 Å². The summed E-state index contributed by atoms with van der Waals surface area (Å²) in [5, 5.41) is 9.24. The van der Waals surface area contributed by atoms with Gasteiger partial charge in [-0.2, -0.15) is 0 Å². The highest BCUT2D eigenvalue weighted by molar-refractivity contribution is 9.09. The van der Waals surface area contributed by atoms with Crippen LogP contribution in [0.1, 0.15) is 26.7 Å². The Bertz CT molecular complexity index is 236. The summed E-state index contributed by atoms with van der Waals surface area (Å²) in [6.45, 7) is 5.45. The number of alkyl halides is 1. The molecule has 0 heterocycles. The third-order valence-corrected chi connectivity index (χ3v) is 2.48. The van der Waals surface area contributed by atoms with Gasteiger partial charge in [-0.25, -0.2) is 9.59 Å². The van der Waals surface area contributed by atoms with E-state index >= 15 is 0 Å². The molecule has 0 saturated carbocycles. The van der Waals surface area contributed by atoms with Gasteiger partial charge < -0.3 is 24.1 Å². The van der Waals surface area contributed by atoms with Crippen LogP contribution in [0.15, 0.2) is 0 Å². The lowest BCUT2D eigenvalue weighted by Crippen LogP contribution is -2.13. The van der Waals surface area contributed by atoms with Crippen molar-refractivity contribution in [2.45, 2.75) is 26.7 Å². The number of aliphatic hydroxyl groups is 1. The van der Waals surface area contributed by atoms with Gasteiger partial charge in [0.1, 0.15) is 13.2 Å². The Morgan fingerprint density at radius 2 is 1.36 bits per heavy atom. The van der Waals surface area contributed by atoms with Crippen LogP contribution < -0.4 is 0 Å². The molecule has 132 valence electrons. The Morgan fingerprint density at radius 3 is 1.73 bits per heavy atom. The van der Waals surface area contributed by atoms with Crippen molar-refractivity contribution >= 4 is 27.9 Å². The summed E-state index contributed by atoms with van der Waals surface area (Å²) in [5.41, 5.74) is 0. The summed E-state index contributed by atoms with van der Waals surface area (Å²) >= 11 is 3.25. The zero-order valence-electron chi connectivity index (χ0n) is 13.3. The highest BCUT2D eigenvalue weighted by Crippen LogP contribution is 1.89. The molecule has 7 nitrogen and oxygen atoms in total. The lowest BCUT2D eigenvalue weighted by atomic mass is 10.5. The predicted octanol–water partition coefficient (Wildman–Crippen LogP) is 1.30. The number of esters is 2. The summed E-state index contributed by atoms with van der Waals surface area (Å²) in [6, 6.07) is 0. The Morgan fingerprint density at radius 1 is 0.909 bits per heavy atom. The van der Waals surface area contributed by atoms with Crippen LogP contribution in [0.3, 0.4) is 0 Å². The molecular weight excluding hydrogens is 360 g/mol. The number of carbonyl (C=O) groups is 2. The molecule has 0 aliphatic heterocycles. The minimum Gasteiger partial charge on any atom is -0.464 e. The second kappa shape index (κ2) is 20.3. The zero-order chi connectivity index (χ0) is 17.1. The molecule has 0 aromatic carbocycles. The molecule has 0 rings (SSSR count). The van der Waals surface area contributed by atoms with E-state index in [1.54, 1.807) is 13.8 Å². The zero-order valence-corrected chi connectivity index (χ0v) is 14.9. The van der Waals surface area contributed by atoms with E-state index in [1.807, 2.05) is 0 Å². The number of halogens is 1. The molecule has 0 unspecified atom stereocenters. The molecule has 0 amide bonds. The minimum atomic E-state index is -0.356. The van der Waals surface area contributed by atoms with Gasteiger partial charge in [0.05, 0.1) is 13.2 Å². The topological polar surface area (TPSA) is 91.3 Å². The van der Waals surface area contributed by atoms with Crippen molar-refractivity contribution in [3.05, 3.63) is 0 Å². The Hall–Kier alpha value is -0.700. The normalized spacial score (nSPS) is 9.64. The first-order valence-electron chi connectivity index (χ1n) is 7.25. The third-order valence-electron chi connectivity index (χ3n) is 1.92. The Labute approximate surface area is 140 Å². The molecule has 0 radical (unpaired) electrons. The molecule has 0 spiro atoms. The van der Waals surface area contributed by atoms with Crippen molar-refractivity contribution < 1.29 is 33.6 Å². The third kappa shape index (κ3) is 21.6. The molecule has 0 saturated heterocycles. The van der Waals surface area contributed by atoms with Crippen LogP contribution in [0.25, 0.3) is 0 Å². The van der Waals surface area contributed by atoms with Crippen LogP contribution in [0.5, 0.6) is 0 Å². The Balaban J connectivity index is 0. The molecule has 0 fully saturated rings. The molecule has 0 atom stereocenters. The maximum atomic E-state index is 10.6. The lowest BCUT2D eigenvalue weighted by molar-refractivity contribution is -0.149. The minimum absolute atomic E-state index is 0.0200. The van der Waals surface area contributed by atoms with Crippen molar-refractivity contribution in [1.82, 2.24) is 0 Å². The van der Waals surface area contributed by atoms with E-state index in [-0.39, 0.29) is 31.8 Å². The molecule has 0 aromatic rings. The van der Waals surface area contributed by atoms with Gasteiger partial charge in [0, 0.05) is 25.2 Å². The summed E-state index contributed by atoms with van der Waals surface area (Å²) < 4.78 is 19.1. The van der Waals surface area contributed by atoms with Gasteiger partial charge in [-0.05, 0) is 26.7 Å². The van der Waals surface area contributed by atoms with Crippen molar-refractivity contribution in [3.8, 4) is 0 Å². The average molecular weight is 387 g/mol. The fraction of sp³-hybridized carbons (Fsp3) is 0.857. The molecule has 0 aliphatic carbocycles. The first-order valence-corrected chi connectivity index (χ1v) is 8.37. The number of hydrogen-bond acceptors (Lipinski definition) is 7. The lowest BCUT2D eigenvalue weighted by Gasteiger charge is -2.01. The molecule has 22 heavy (non-hydrogen) atoms. The molecule has 0 bridgehead atoms. The van der Waals surface area contributed by atoms with Crippen LogP contribution in [0.4, 0.5) is 0 Å². The number of aliphatic hydroxyl groups excluding tert-OH is 1. The van der Waals surface area contributed by atoms with E-state index in [4.69, 9.17) is 14.6 Å². The predicted molar refractivity (Wildman–Crippen MR) is 85.0 cm³/mol. The highest BCUT2D eigenvalue weighted by Gasteiger charge is 2.00. The van der Waals surface area contributed by atoms with Gasteiger partial charge in [0.15, 0.2) is 0 Å². The van der Waals surface area contributed by atoms with Gasteiger partial charge >= 0.3 is 11.9 Å². The van der Waals surface area contributed by atoms with Crippen LogP contribution in [0.2, 0.25) is 0 Å². The maximum absolute atomic E-state index is 10.6. The van der Waals surface area contributed by atoms with Gasteiger partial charge in [0.2, 0.25) is 0 Å². The molecule has 0 aromatic heterocycles. The number of hydrogen-bond donors (Lipinski definition) is 1. The van der Waals surface area contributed by atoms with E-state index < -0.39 is 0 Å². The molecule has 1 N–H and O–H groups in total. The second-order valence-electron chi connectivity index (χ2n) is 3.83. The van der Waals surface area contributed by atoms with Crippen LogP contribution in [-0.4, -0.2) is 68.6 Å². The summed E-state index contributed by atoms with van der Waals surface area (Å²) in [5.74, 6) is -0.646. The highest BCUT2D eigenvalue weighted by atomic mass is 79.9. The van der Waals surface area contributed by atoms with E-state index in [1.165, 1.54) is 0 Å². The van der Waals surface area contributed by atoms with Crippen molar-refractivity contribution in [3.63, 3.8) is 0 Å². The largest absolute Gasteiger partial charge is 0.464 e. The van der Waals surface area contributed by atoms with E-state index in [0.717, 1.165) is 11.8 Å². The monoisotopic (exact) mass is 386 g/mol. The van der Waals surface area contributed by atoms with Crippen molar-refractivity contribution in [2.75, 3.05) is 51.6 Å². The van der Waals surface area contributed by atoms with Gasteiger partial charge in [0.25, 0.3) is 0 Å². The van der Waals surface area contributed by atoms with E-state index in [9.17, 15) is 9.59 Å². The number of carbonyl (C=O) groups excluding carboxylic acids is 2. The fourth-order valence-electron chi connectivity index (χ4n) is 1.04. The van der Waals surface area contributed by atoms with Crippen molar-refractivity contribution in [1.29, 1.82) is 0 Å². The quantitative estimate of drug-likeness (QED) is 0.307. The van der Waals surface area contributed by atoms with E-state index in [2.05, 4.69) is 25.4 Å². The number of rotatable bonds is 12. The first kappa shape index (κ1) is 23.6. The Kier molecular flexibility index (Phi) is 21.7. The molecule has 0 aliphatic rings. The summed E-state index contributed by atoms with van der Waals surface area (Å²) in [4.78, 5) is 21.2. The maximum Gasteiger partial charge on any atom is 0.332 e. The van der Waals surface area contributed by atoms with Gasteiger partial charge in [-0.1, -0.05) is 15.9 Å². The first-order chi connectivity index (χ1) is 10.6.